The Morgan fingerprint density at radius 1 is 1.11 bits per heavy atom. The van der Waals surface area contributed by atoms with Gasteiger partial charge in [0.25, 0.3) is 0 Å². The molecule has 5 aliphatic rings. The molecule has 0 aromatic heterocycles. The molecule has 4 unspecified atom stereocenters. The first-order valence-electron chi connectivity index (χ1n) is 7.77. The molecule has 5 fully saturated rings. The third-order valence-electron chi connectivity index (χ3n) is 6.36. The van der Waals surface area contributed by atoms with Gasteiger partial charge in [-0.05, 0) is 56.4 Å². The average molecular weight is 286 g/mol. The minimum atomic E-state index is 0. The summed E-state index contributed by atoms with van der Waals surface area (Å²) in [5.41, 5.74) is 7.52. The summed E-state index contributed by atoms with van der Waals surface area (Å²) in [6, 6.07) is 0. The van der Waals surface area contributed by atoms with Crippen molar-refractivity contribution in [3.63, 3.8) is 0 Å². The van der Waals surface area contributed by atoms with Gasteiger partial charge in [0.2, 0.25) is 0 Å². The summed E-state index contributed by atoms with van der Waals surface area (Å²) < 4.78 is 0. The highest BCUT2D eigenvalue weighted by Crippen LogP contribution is 2.65. The molecule has 0 amide bonds. The van der Waals surface area contributed by atoms with Gasteiger partial charge in [0, 0.05) is 38.3 Å². The first kappa shape index (κ1) is 14.1. The molecule has 4 heteroatoms. The standard InChI is InChI=1S/C15H27N3.ClH/c1-17-2-4-18(5-3-17)11-14-7-12-6-13(9-14)15(16,8-12)10-14;/h12-13H,2-11,16H2,1H3;1H. The topological polar surface area (TPSA) is 32.5 Å². The minimum Gasteiger partial charge on any atom is -0.325 e. The van der Waals surface area contributed by atoms with E-state index in [1.165, 1.54) is 64.8 Å². The van der Waals surface area contributed by atoms with Crippen molar-refractivity contribution in [2.24, 2.45) is 23.0 Å². The van der Waals surface area contributed by atoms with Gasteiger partial charge < -0.3 is 15.5 Å². The van der Waals surface area contributed by atoms with E-state index in [0.29, 0.717) is 5.41 Å². The minimum absolute atomic E-state index is 0. The number of rotatable bonds is 2. The third-order valence-corrected chi connectivity index (χ3v) is 6.36. The molecule has 3 nitrogen and oxygen atoms in total. The monoisotopic (exact) mass is 285 g/mol. The van der Waals surface area contributed by atoms with Crippen LogP contribution >= 0.6 is 12.4 Å². The molecule has 4 atom stereocenters. The van der Waals surface area contributed by atoms with Crippen LogP contribution in [0, 0.1) is 17.3 Å². The van der Waals surface area contributed by atoms with Crippen molar-refractivity contribution < 1.29 is 0 Å². The van der Waals surface area contributed by atoms with Crippen molar-refractivity contribution in [2.75, 3.05) is 39.8 Å². The molecular formula is C15H28ClN3. The van der Waals surface area contributed by atoms with E-state index in [9.17, 15) is 0 Å². The zero-order valence-corrected chi connectivity index (χ0v) is 12.9. The Morgan fingerprint density at radius 2 is 1.84 bits per heavy atom. The van der Waals surface area contributed by atoms with Gasteiger partial charge in [0.1, 0.15) is 0 Å². The molecule has 1 saturated heterocycles. The van der Waals surface area contributed by atoms with Crippen LogP contribution in [0.4, 0.5) is 0 Å². The van der Waals surface area contributed by atoms with Crippen LogP contribution in [0.5, 0.6) is 0 Å². The van der Waals surface area contributed by atoms with Crippen LogP contribution in [0.2, 0.25) is 0 Å². The molecule has 0 spiro atoms. The molecule has 5 rings (SSSR count). The summed E-state index contributed by atoms with van der Waals surface area (Å²) in [6.45, 7) is 6.37. The highest BCUT2D eigenvalue weighted by molar-refractivity contribution is 5.85. The lowest BCUT2D eigenvalue weighted by Crippen LogP contribution is -2.50. The molecule has 19 heavy (non-hydrogen) atoms. The molecule has 1 heterocycles. The van der Waals surface area contributed by atoms with Crippen LogP contribution in [0.25, 0.3) is 0 Å². The molecule has 1 aliphatic heterocycles. The summed E-state index contributed by atoms with van der Waals surface area (Å²) >= 11 is 0. The molecule has 110 valence electrons. The number of halogens is 1. The maximum atomic E-state index is 6.67. The van der Waals surface area contributed by atoms with E-state index in [1.54, 1.807) is 0 Å². The summed E-state index contributed by atoms with van der Waals surface area (Å²) in [5, 5.41) is 0. The van der Waals surface area contributed by atoms with E-state index in [0.717, 1.165) is 11.8 Å². The summed E-state index contributed by atoms with van der Waals surface area (Å²) in [7, 11) is 2.24. The van der Waals surface area contributed by atoms with E-state index in [1.807, 2.05) is 0 Å². The fourth-order valence-corrected chi connectivity index (χ4v) is 5.81. The van der Waals surface area contributed by atoms with Gasteiger partial charge in [-0.1, -0.05) is 0 Å². The number of piperazine rings is 1. The lowest BCUT2D eigenvalue weighted by atomic mass is 9.68. The van der Waals surface area contributed by atoms with Crippen molar-refractivity contribution >= 4 is 12.4 Å². The Bertz CT molecular complexity index is 355. The van der Waals surface area contributed by atoms with Crippen LogP contribution in [0.15, 0.2) is 0 Å². The second-order valence-electron chi connectivity index (χ2n) is 7.90. The van der Waals surface area contributed by atoms with Crippen LogP contribution in [0.3, 0.4) is 0 Å². The average Bonchev–Trinajstić information content (AvgIpc) is 2.63. The molecular weight excluding hydrogens is 258 g/mol. The van der Waals surface area contributed by atoms with Crippen molar-refractivity contribution in [3.05, 3.63) is 0 Å². The highest BCUT2D eigenvalue weighted by atomic mass is 35.5. The molecule has 0 aromatic carbocycles. The second-order valence-corrected chi connectivity index (χ2v) is 7.90. The molecule has 4 bridgehead atoms. The van der Waals surface area contributed by atoms with Gasteiger partial charge in [0.15, 0.2) is 0 Å². The number of hydrogen-bond donors (Lipinski definition) is 1. The largest absolute Gasteiger partial charge is 0.325 e. The van der Waals surface area contributed by atoms with Crippen LogP contribution < -0.4 is 5.73 Å². The Morgan fingerprint density at radius 3 is 2.47 bits per heavy atom. The number of hydrogen-bond acceptors (Lipinski definition) is 3. The van der Waals surface area contributed by atoms with Crippen LogP contribution in [-0.4, -0.2) is 55.1 Å². The normalized spacial score (nSPS) is 49.6. The van der Waals surface area contributed by atoms with Gasteiger partial charge >= 0.3 is 0 Å². The van der Waals surface area contributed by atoms with Gasteiger partial charge in [-0.15, -0.1) is 12.4 Å². The summed E-state index contributed by atoms with van der Waals surface area (Å²) in [5.74, 6) is 1.83. The van der Waals surface area contributed by atoms with E-state index >= 15 is 0 Å². The molecule has 2 N–H and O–H groups in total. The SMILES string of the molecule is CN1CCN(CC23CC4CC(C2)C(N)(C4)C3)CC1.Cl. The number of nitrogens with two attached hydrogens (primary N) is 1. The first-order valence-corrected chi connectivity index (χ1v) is 7.77. The third kappa shape index (κ3) is 2.23. The summed E-state index contributed by atoms with van der Waals surface area (Å²) in [4.78, 5) is 5.17. The Balaban J connectivity index is 0.00000110. The van der Waals surface area contributed by atoms with E-state index in [-0.39, 0.29) is 17.9 Å². The van der Waals surface area contributed by atoms with Gasteiger partial charge in [-0.3, -0.25) is 0 Å². The Hall–Kier alpha value is 0.170. The van der Waals surface area contributed by atoms with E-state index in [4.69, 9.17) is 5.73 Å². The lowest BCUT2D eigenvalue weighted by Gasteiger charge is -2.44. The maximum absolute atomic E-state index is 6.67. The van der Waals surface area contributed by atoms with Gasteiger partial charge in [-0.2, -0.15) is 0 Å². The zero-order valence-electron chi connectivity index (χ0n) is 12.1. The second kappa shape index (κ2) is 4.59. The van der Waals surface area contributed by atoms with Crippen molar-refractivity contribution in [1.82, 2.24) is 9.80 Å². The number of likely N-dealkylation sites (N-methyl/N-ethyl adjacent to an activating group) is 1. The van der Waals surface area contributed by atoms with Gasteiger partial charge in [0.05, 0.1) is 0 Å². The van der Waals surface area contributed by atoms with Crippen molar-refractivity contribution in [2.45, 2.75) is 37.6 Å². The van der Waals surface area contributed by atoms with Crippen LogP contribution in [0.1, 0.15) is 32.1 Å². The van der Waals surface area contributed by atoms with Gasteiger partial charge in [-0.25, -0.2) is 0 Å². The smallest absolute Gasteiger partial charge is 0.0191 e. The van der Waals surface area contributed by atoms with E-state index < -0.39 is 0 Å². The highest BCUT2D eigenvalue weighted by Gasteiger charge is 2.62. The van der Waals surface area contributed by atoms with E-state index in [2.05, 4.69) is 16.8 Å². The van der Waals surface area contributed by atoms with Crippen LogP contribution in [-0.2, 0) is 0 Å². The predicted molar refractivity (Wildman–Crippen MR) is 80.6 cm³/mol. The molecule has 0 aromatic rings. The molecule has 4 saturated carbocycles. The Labute approximate surface area is 123 Å². The quantitative estimate of drug-likeness (QED) is 0.836. The maximum Gasteiger partial charge on any atom is 0.0191 e. The number of nitrogens with zero attached hydrogens (tertiary/aromatic N) is 2. The van der Waals surface area contributed by atoms with Crippen molar-refractivity contribution in [3.8, 4) is 0 Å². The first-order chi connectivity index (χ1) is 8.57. The fraction of sp³-hybridized carbons (Fsp3) is 1.00. The fourth-order valence-electron chi connectivity index (χ4n) is 5.81. The molecule has 4 aliphatic carbocycles. The Kier molecular flexibility index (Phi) is 3.41. The zero-order chi connectivity index (χ0) is 12.4. The lowest BCUT2D eigenvalue weighted by molar-refractivity contribution is 0.0538. The van der Waals surface area contributed by atoms with Crippen molar-refractivity contribution in [1.29, 1.82) is 0 Å². The molecule has 0 radical (unpaired) electrons. The summed E-state index contributed by atoms with van der Waals surface area (Å²) in [6.07, 6.45) is 7.03. The predicted octanol–water partition coefficient (Wildman–Crippen LogP) is 1.56.